The minimum absolute atomic E-state index is 0.716. The van der Waals surface area contributed by atoms with Crippen molar-refractivity contribution in [1.82, 2.24) is 0 Å². The number of halogens is 4. The molecule has 106 valence electrons. The summed E-state index contributed by atoms with van der Waals surface area (Å²) in [5.74, 6) is 0. The van der Waals surface area contributed by atoms with Crippen LogP contribution in [0.1, 0.15) is 0 Å². The molecule has 0 aliphatic carbocycles. The maximum Gasteiger partial charge on any atom is 0.0472 e. The normalized spacial score (nSPS) is 10.8. The van der Waals surface area contributed by atoms with Crippen molar-refractivity contribution in [1.29, 1.82) is 0 Å². The fraction of sp³-hybridized carbons (Fsp3) is 0. The first kappa shape index (κ1) is 17.0. The van der Waals surface area contributed by atoms with Gasteiger partial charge in [0.2, 0.25) is 0 Å². The Hall–Kier alpha value is 0.660. The lowest BCUT2D eigenvalue weighted by Crippen LogP contribution is -1.87. The zero-order valence-electron chi connectivity index (χ0n) is 9.79. The average Bonchev–Trinajstić information content (AvgIpc) is 2.30. The Labute approximate surface area is 158 Å². The third-order valence-corrected chi connectivity index (χ3v) is 8.35. The fourth-order valence-corrected chi connectivity index (χ4v) is 8.40. The highest BCUT2D eigenvalue weighted by atomic mass is 79.9. The lowest BCUT2D eigenvalue weighted by Gasteiger charge is -2.10. The maximum atomic E-state index is 5.80. The molecule has 2 nitrogen and oxygen atoms in total. The van der Waals surface area contributed by atoms with Gasteiger partial charge < -0.3 is 11.5 Å². The molecule has 0 unspecified atom stereocenters. The highest BCUT2D eigenvalue weighted by Crippen LogP contribution is 2.49. The first-order chi connectivity index (χ1) is 9.38. The molecule has 0 aliphatic heterocycles. The number of anilines is 2. The first-order valence-corrected chi connectivity index (χ1v) is 10.5. The zero-order valence-corrected chi connectivity index (χ0v) is 17.8. The SMILES string of the molecule is Nc1cc(Br)c(SSc2c(Br)cc(N)cc2Br)c(Br)c1. The van der Waals surface area contributed by atoms with Gasteiger partial charge in [-0.1, -0.05) is 21.6 Å². The molecule has 0 saturated heterocycles. The molecule has 8 heteroatoms. The van der Waals surface area contributed by atoms with Crippen LogP contribution in [0, 0.1) is 0 Å². The second-order valence-electron chi connectivity index (χ2n) is 3.79. The molecule has 0 fully saturated rings. The van der Waals surface area contributed by atoms with Gasteiger partial charge in [0.15, 0.2) is 0 Å². The summed E-state index contributed by atoms with van der Waals surface area (Å²) in [7, 11) is 3.27. The van der Waals surface area contributed by atoms with Crippen molar-refractivity contribution in [2.75, 3.05) is 11.5 Å². The maximum absolute atomic E-state index is 5.80. The van der Waals surface area contributed by atoms with Crippen molar-refractivity contribution in [3.63, 3.8) is 0 Å². The molecule has 2 aromatic carbocycles. The Bertz CT molecular complexity index is 560. The van der Waals surface area contributed by atoms with E-state index in [9.17, 15) is 0 Å². The van der Waals surface area contributed by atoms with E-state index in [1.807, 2.05) is 24.3 Å². The lowest BCUT2D eigenvalue weighted by atomic mass is 10.3. The van der Waals surface area contributed by atoms with Gasteiger partial charge in [-0.15, -0.1) is 0 Å². The smallest absolute Gasteiger partial charge is 0.0472 e. The van der Waals surface area contributed by atoms with E-state index in [2.05, 4.69) is 63.7 Å². The fourth-order valence-electron chi connectivity index (χ4n) is 1.40. The molecule has 2 aromatic rings. The van der Waals surface area contributed by atoms with Gasteiger partial charge >= 0.3 is 0 Å². The quantitative estimate of drug-likeness (QED) is 0.322. The van der Waals surface area contributed by atoms with Crippen molar-refractivity contribution in [2.45, 2.75) is 9.79 Å². The van der Waals surface area contributed by atoms with Gasteiger partial charge in [-0.05, 0) is 88.0 Å². The number of hydrogen-bond acceptors (Lipinski definition) is 4. The van der Waals surface area contributed by atoms with Gasteiger partial charge in [-0.2, -0.15) is 0 Å². The Balaban J connectivity index is 2.26. The molecule has 0 heterocycles. The molecule has 0 aliphatic rings. The highest BCUT2D eigenvalue weighted by molar-refractivity contribution is 9.11. The lowest BCUT2D eigenvalue weighted by molar-refractivity contribution is 1.36. The van der Waals surface area contributed by atoms with Crippen molar-refractivity contribution in [3.8, 4) is 0 Å². The number of benzene rings is 2. The third kappa shape index (κ3) is 4.10. The molecule has 4 N–H and O–H groups in total. The summed E-state index contributed by atoms with van der Waals surface area (Å²) in [5.41, 5.74) is 13.0. The summed E-state index contributed by atoms with van der Waals surface area (Å²) in [6.45, 7) is 0. The van der Waals surface area contributed by atoms with E-state index in [4.69, 9.17) is 11.5 Å². The Morgan fingerprint density at radius 1 is 0.600 bits per heavy atom. The van der Waals surface area contributed by atoms with Crippen LogP contribution in [0.3, 0.4) is 0 Å². The molecule has 0 aromatic heterocycles. The Morgan fingerprint density at radius 3 is 1.10 bits per heavy atom. The molecule has 0 bridgehead atoms. The van der Waals surface area contributed by atoms with Crippen LogP contribution in [-0.4, -0.2) is 0 Å². The molecule has 0 spiro atoms. The predicted molar refractivity (Wildman–Crippen MR) is 104 cm³/mol. The number of nitrogens with two attached hydrogens (primary N) is 2. The van der Waals surface area contributed by atoms with E-state index in [-0.39, 0.29) is 0 Å². The van der Waals surface area contributed by atoms with Gasteiger partial charge in [0.05, 0.1) is 0 Å². The van der Waals surface area contributed by atoms with E-state index < -0.39 is 0 Å². The highest BCUT2D eigenvalue weighted by Gasteiger charge is 2.12. The zero-order chi connectivity index (χ0) is 14.9. The van der Waals surface area contributed by atoms with Crippen LogP contribution < -0.4 is 11.5 Å². The van der Waals surface area contributed by atoms with E-state index in [1.165, 1.54) is 0 Å². The monoisotopic (exact) mass is 560 g/mol. The van der Waals surface area contributed by atoms with Gasteiger partial charge in [0.1, 0.15) is 0 Å². The van der Waals surface area contributed by atoms with Crippen LogP contribution in [0.5, 0.6) is 0 Å². The van der Waals surface area contributed by atoms with Crippen molar-refractivity contribution >= 4 is 96.7 Å². The Morgan fingerprint density at radius 2 is 0.850 bits per heavy atom. The number of nitrogen functional groups attached to an aromatic ring is 2. The second-order valence-corrected chi connectivity index (χ2v) is 9.36. The van der Waals surface area contributed by atoms with Crippen molar-refractivity contribution in [3.05, 3.63) is 42.2 Å². The minimum atomic E-state index is 0.716. The van der Waals surface area contributed by atoms with Gasteiger partial charge in [-0.3, -0.25) is 0 Å². The van der Waals surface area contributed by atoms with Crippen LogP contribution >= 0.6 is 85.3 Å². The molecule has 0 amide bonds. The molecule has 20 heavy (non-hydrogen) atoms. The molecule has 0 saturated carbocycles. The molecule has 2 rings (SSSR count). The Kier molecular flexibility index (Phi) is 6.20. The summed E-state index contributed by atoms with van der Waals surface area (Å²) in [6.07, 6.45) is 0. The molecule has 0 atom stereocenters. The molecular weight excluding hydrogens is 556 g/mol. The van der Waals surface area contributed by atoms with Gasteiger partial charge in [0.25, 0.3) is 0 Å². The van der Waals surface area contributed by atoms with E-state index in [0.717, 1.165) is 27.7 Å². The first-order valence-electron chi connectivity index (χ1n) is 5.22. The van der Waals surface area contributed by atoms with Crippen molar-refractivity contribution < 1.29 is 0 Å². The predicted octanol–water partition coefficient (Wildman–Crippen LogP) is 6.70. The van der Waals surface area contributed by atoms with Crippen LogP contribution in [-0.2, 0) is 0 Å². The second kappa shape index (κ2) is 7.28. The van der Waals surface area contributed by atoms with Crippen molar-refractivity contribution in [2.24, 2.45) is 0 Å². The number of rotatable bonds is 3. The van der Waals surface area contributed by atoms with E-state index in [0.29, 0.717) is 11.4 Å². The third-order valence-electron chi connectivity index (χ3n) is 2.25. The molecule has 0 radical (unpaired) electrons. The van der Waals surface area contributed by atoms with Crippen LogP contribution in [0.15, 0.2) is 51.9 Å². The van der Waals surface area contributed by atoms with Crippen LogP contribution in [0.25, 0.3) is 0 Å². The van der Waals surface area contributed by atoms with E-state index in [1.54, 1.807) is 21.6 Å². The topological polar surface area (TPSA) is 52.0 Å². The number of hydrogen-bond donors (Lipinski definition) is 2. The summed E-state index contributed by atoms with van der Waals surface area (Å²) in [4.78, 5) is 2.17. The summed E-state index contributed by atoms with van der Waals surface area (Å²) in [6, 6.07) is 7.56. The van der Waals surface area contributed by atoms with Crippen LogP contribution in [0.4, 0.5) is 11.4 Å². The summed E-state index contributed by atoms with van der Waals surface area (Å²) < 4.78 is 3.85. The summed E-state index contributed by atoms with van der Waals surface area (Å²) >= 11 is 14.1. The van der Waals surface area contributed by atoms with Gasteiger partial charge in [-0.25, -0.2) is 0 Å². The summed E-state index contributed by atoms with van der Waals surface area (Å²) in [5, 5.41) is 0. The largest absolute Gasteiger partial charge is 0.399 e. The van der Waals surface area contributed by atoms with Gasteiger partial charge in [0, 0.05) is 39.1 Å². The van der Waals surface area contributed by atoms with Crippen LogP contribution in [0.2, 0.25) is 0 Å². The minimum Gasteiger partial charge on any atom is -0.399 e. The standard InChI is InChI=1S/C12H8Br4N2S2/c13-7-1-5(17)2-8(14)11(7)19-20-12-9(15)3-6(18)4-10(12)16/h1-4H,17-18H2. The average molecular weight is 564 g/mol. The molecular formula is C12H8Br4N2S2. The van der Waals surface area contributed by atoms with E-state index >= 15 is 0 Å².